The molecular weight excluding hydrogens is 232 g/mol. The van der Waals surface area contributed by atoms with Gasteiger partial charge >= 0.3 is 0 Å². The predicted octanol–water partition coefficient (Wildman–Crippen LogP) is 4.68. The van der Waals surface area contributed by atoms with Gasteiger partial charge in [-0.3, -0.25) is 0 Å². The lowest BCUT2D eigenvalue weighted by atomic mass is 9.89. The Hall–Kier alpha value is -0.480. The molecule has 2 aliphatic rings. The maximum atomic E-state index is 10.6. The summed E-state index contributed by atoms with van der Waals surface area (Å²) in [5.74, 6) is 3.84. The molecule has 0 bridgehead atoms. The van der Waals surface area contributed by atoms with Gasteiger partial charge in [-0.2, -0.15) is 0 Å². The average molecular weight is 262 g/mol. The number of hydrogen-bond donors (Lipinski definition) is 1. The van der Waals surface area contributed by atoms with Gasteiger partial charge in [0.1, 0.15) is 5.60 Å². The summed E-state index contributed by atoms with van der Waals surface area (Å²) in [5, 5.41) is 10.6. The van der Waals surface area contributed by atoms with Crippen LogP contribution < -0.4 is 0 Å². The third kappa shape index (κ3) is 4.53. The van der Waals surface area contributed by atoms with Gasteiger partial charge in [0, 0.05) is 5.92 Å². The molecule has 3 atom stereocenters. The highest BCUT2D eigenvalue weighted by Gasteiger charge is 2.49. The number of rotatable bonds is 0. The molecule has 19 heavy (non-hydrogen) atoms. The van der Waals surface area contributed by atoms with Crippen LogP contribution in [0.25, 0.3) is 0 Å². The fourth-order valence-corrected chi connectivity index (χ4v) is 3.73. The van der Waals surface area contributed by atoms with E-state index < -0.39 is 5.60 Å². The molecular formula is C18H30O. The number of hydrogen-bond acceptors (Lipinski definition) is 1. The molecule has 0 heterocycles. The molecule has 0 unspecified atom stereocenters. The highest BCUT2D eigenvalue weighted by Crippen LogP contribution is 2.50. The lowest BCUT2D eigenvalue weighted by molar-refractivity contribution is 0.0594. The number of terminal acetylenes is 1. The van der Waals surface area contributed by atoms with Crippen LogP contribution in [0, 0.1) is 24.2 Å². The van der Waals surface area contributed by atoms with Crippen LogP contribution in [0.3, 0.4) is 0 Å². The summed E-state index contributed by atoms with van der Waals surface area (Å²) in [6, 6.07) is 0. The van der Waals surface area contributed by atoms with Crippen molar-refractivity contribution in [2.45, 2.75) is 89.1 Å². The van der Waals surface area contributed by atoms with Gasteiger partial charge in [0.2, 0.25) is 0 Å². The quantitative estimate of drug-likeness (QED) is 0.628. The minimum atomic E-state index is -0.787. The Bertz CT molecular complexity index is 303. The summed E-state index contributed by atoms with van der Waals surface area (Å²) >= 11 is 0. The Labute approximate surface area is 119 Å². The molecule has 0 spiro atoms. The van der Waals surface area contributed by atoms with Crippen LogP contribution in [-0.4, -0.2) is 10.7 Å². The largest absolute Gasteiger partial charge is 0.377 e. The van der Waals surface area contributed by atoms with Gasteiger partial charge in [0.25, 0.3) is 0 Å². The van der Waals surface area contributed by atoms with E-state index in [1.165, 1.54) is 70.6 Å². The van der Waals surface area contributed by atoms with Crippen molar-refractivity contribution in [3.05, 3.63) is 0 Å². The second-order valence-electron chi connectivity index (χ2n) is 6.75. The maximum Gasteiger partial charge on any atom is 0.128 e. The van der Waals surface area contributed by atoms with Crippen molar-refractivity contribution in [2.24, 2.45) is 11.8 Å². The van der Waals surface area contributed by atoms with Gasteiger partial charge in [-0.15, -0.1) is 6.42 Å². The zero-order valence-electron chi connectivity index (χ0n) is 12.4. The third-order valence-electron chi connectivity index (χ3n) is 5.17. The van der Waals surface area contributed by atoms with E-state index in [1.807, 2.05) is 0 Å². The second kappa shape index (κ2) is 7.34. The topological polar surface area (TPSA) is 20.2 Å². The van der Waals surface area contributed by atoms with Gasteiger partial charge in [0.15, 0.2) is 0 Å². The van der Waals surface area contributed by atoms with Gasteiger partial charge in [-0.1, -0.05) is 70.1 Å². The lowest BCUT2D eigenvalue weighted by Gasteiger charge is -2.22. The minimum absolute atomic E-state index is 0.405. The first-order valence-corrected chi connectivity index (χ1v) is 8.46. The van der Waals surface area contributed by atoms with Crippen LogP contribution in [0.15, 0.2) is 0 Å². The predicted molar refractivity (Wildman–Crippen MR) is 80.8 cm³/mol. The van der Waals surface area contributed by atoms with Crippen molar-refractivity contribution in [2.75, 3.05) is 0 Å². The first-order valence-electron chi connectivity index (χ1n) is 8.46. The molecule has 0 aromatic rings. The van der Waals surface area contributed by atoms with E-state index in [9.17, 15) is 5.11 Å². The molecule has 0 aromatic carbocycles. The second-order valence-corrected chi connectivity index (χ2v) is 6.75. The smallest absolute Gasteiger partial charge is 0.128 e. The summed E-state index contributed by atoms with van der Waals surface area (Å²) in [5.41, 5.74) is -0.787. The van der Waals surface area contributed by atoms with E-state index >= 15 is 0 Å². The normalized spacial score (nSPS) is 38.3. The average Bonchev–Trinajstić information content (AvgIpc) is 3.19. The van der Waals surface area contributed by atoms with Gasteiger partial charge < -0.3 is 5.11 Å². The van der Waals surface area contributed by atoms with Crippen molar-refractivity contribution in [3.63, 3.8) is 0 Å². The van der Waals surface area contributed by atoms with Crippen LogP contribution in [0.4, 0.5) is 0 Å². The summed E-state index contributed by atoms with van der Waals surface area (Å²) in [6.45, 7) is 0. The SMILES string of the molecule is C#C[C@@]1(O)CCCCCCCCCCCC[C@H]2C[C@@H]21. The van der Waals surface area contributed by atoms with Crippen molar-refractivity contribution in [1.82, 2.24) is 0 Å². The van der Waals surface area contributed by atoms with Crippen molar-refractivity contribution in [3.8, 4) is 12.3 Å². The van der Waals surface area contributed by atoms with Gasteiger partial charge in [-0.05, 0) is 25.2 Å². The Kier molecular flexibility index (Phi) is 5.76. The summed E-state index contributed by atoms with van der Waals surface area (Å²) < 4.78 is 0. The van der Waals surface area contributed by atoms with E-state index in [1.54, 1.807) is 0 Å². The summed E-state index contributed by atoms with van der Waals surface area (Å²) in [6.07, 6.45) is 22.2. The molecule has 1 heteroatoms. The standard InChI is InChI=1S/C18H30O/c1-2-18(19)14-12-10-8-6-4-3-5-7-9-11-13-16-15-17(16)18/h1,16-17,19H,3-15H2/t16-,17-,18+/m0/s1. The molecule has 0 aromatic heterocycles. The maximum absolute atomic E-state index is 10.6. The van der Waals surface area contributed by atoms with Crippen molar-refractivity contribution < 1.29 is 5.11 Å². The van der Waals surface area contributed by atoms with E-state index in [4.69, 9.17) is 6.42 Å². The lowest BCUT2D eigenvalue weighted by Crippen LogP contribution is -2.30. The molecule has 2 fully saturated rings. The van der Waals surface area contributed by atoms with Crippen molar-refractivity contribution in [1.29, 1.82) is 0 Å². The molecule has 0 aliphatic heterocycles. The zero-order valence-corrected chi connectivity index (χ0v) is 12.4. The summed E-state index contributed by atoms with van der Waals surface area (Å²) in [7, 11) is 0. The third-order valence-corrected chi connectivity index (χ3v) is 5.17. The highest BCUT2D eigenvalue weighted by molar-refractivity contribution is 5.16. The van der Waals surface area contributed by atoms with E-state index in [-0.39, 0.29) is 0 Å². The Morgan fingerprint density at radius 2 is 1.37 bits per heavy atom. The molecule has 0 amide bonds. The van der Waals surface area contributed by atoms with Gasteiger partial charge in [-0.25, -0.2) is 0 Å². The minimum Gasteiger partial charge on any atom is -0.377 e. The Balaban J connectivity index is 1.82. The van der Waals surface area contributed by atoms with Crippen molar-refractivity contribution >= 4 is 0 Å². The highest BCUT2D eigenvalue weighted by atomic mass is 16.3. The first kappa shape index (κ1) is 14.9. The number of fused-ring (bicyclic) bond motifs is 1. The fraction of sp³-hybridized carbons (Fsp3) is 0.889. The van der Waals surface area contributed by atoms with Crippen LogP contribution in [-0.2, 0) is 0 Å². The molecule has 0 saturated heterocycles. The van der Waals surface area contributed by atoms with Crippen LogP contribution >= 0.6 is 0 Å². The zero-order chi connectivity index (χ0) is 13.6. The molecule has 2 rings (SSSR count). The fourth-order valence-electron chi connectivity index (χ4n) is 3.73. The monoisotopic (exact) mass is 262 g/mol. The molecule has 1 N–H and O–H groups in total. The van der Waals surface area contributed by atoms with E-state index in [0.29, 0.717) is 11.8 Å². The molecule has 2 saturated carbocycles. The summed E-state index contributed by atoms with van der Waals surface area (Å²) in [4.78, 5) is 0. The first-order chi connectivity index (χ1) is 9.26. The van der Waals surface area contributed by atoms with E-state index in [2.05, 4.69) is 5.92 Å². The van der Waals surface area contributed by atoms with Crippen LogP contribution in [0.1, 0.15) is 83.5 Å². The molecule has 108 valence electrons. The Morgan fingerprint density at radius 3 is 1.95 bits per heavy atom. The van der Waals surface area contributed by atoms with Gasteiger partial charge in [0.05, 0.1) is 0 Å². The molecule has 0 radical (unpaired) electrons. The van der Waals surface area contributed by atoms with Crippen LogP contribution in [0.5, 0.6) is 0 Å². The number of aliphatic hydroxyl groups is 1. The van der Waals surface area contributed by atoms with Crippen LogP contribution in [0.2, 0.25) is 0 Å². The molecule has 2 aliphatic carbocycles. The molecule has 1 nitrogen and oxygen atoms in total. The van der Waals surface area contributed by atoms with E-state index in [0.717, 1.165) is 12.8 Å². The Morgan fingerprint density at radius 1 is 0.842 bits per heavy atom.